The van der Waals surface area contributed by atoms with Crippen molar-refractivity contribution in [3.63, 3.8) is 0 Å². The van der Waals surface area contributed by atoms with Crippen LogP contribution < -0.4 is 5.32 Å². The first kappa shape index (κ1) is 20.0. The van der Waals surface area contributed by atoms with E-state index in [4.69, 9.17) is 0 Å². The summed E-state index contributed by atoms with van der Waals surface area (Å²) in [5.41, 5.74) is -2.57. The molecule has 0 aliphatic carbocycles. The molecule has 0 aliphatic rings. The fourth-order valence-corrected chi connectivity index (χ4v) is 2.92. The number of fused-ring (bicyclic) bond motifs is 1. The van der Waals surface area contributed by atoms with Gasteiger partial charge in [-0.2, -0.15) is 26.3 Å². The number of hydrogen-bond donors (Lipinski definition) is 2. The van der Waals surface area contributed by atoms with Crippen LogP contribution in [0.25, 0.3) is 11.2 Å². The predicted octanol–water partition coefficient (Wildman–Crippen LogP) is 4.73. The highest BCUT2D eigenvalue weighted by Gasteiger charge is 2.37. The number of rotatable bonds is 4. The Hall–Kier alpha value is -2.76. The van der Waals surface area contributed by atoms with Gasteiger partial charge < -0.3 is 10.3 Å². The van der Waals surface area contributed by atoms with Crippen molar-refractivity contribution >= 4 is 34.5 Å². The smallest absolute Gasteiger partial charge is 0.332 e. The molecule has 148 valence electrons. The number of benzene rings is 1. The molecule has 0 unspecified atom stereocenters. The highest BCUT2D eigenvalue weighted by atomic mass is 32.2. The number of hydrogen-bond acceptors (Lipinski definition) is 4. The molecule has 0 bridgehead atoms. The van der Waals surface area contributed by atoms with Crippen molar-refractivity contribution in [1.82, 2.24) is 15.0 Å². The van der Waals surface area contributed by atoms with Gasteiger partial charge in [-0.3, -0.25) is 4.79 Å². The molecule has 0 saturated heterocycles. The van der Waals surface area contributed by atoms with Gasteiger partial charge in [-0.15, -0.1) is 0 Å². The van der Waals surface area contributed by atoms with Gasteiger partial charge in [0.1, 0.15) is 0 Å². The number of carbonyl (C=O) groups excluding carboxylic acids is 1. The Bertz CT molecular complexity index is 949. The van der Waals surface area contributed by atoms with Crippen LogP contribution in [0.1, 0.15) is 11.1 Å². The summed E-state index contributed by atoms with van der Waals surface area (Å²) in [6, 6.07) is 4.27. The van der Waals surface area contributed by atoms with Gasteiger partial charge in [0.15, 0.2) is 10.8 Å². The number of aromatic nitrogens is 3. The molecule has 28 heavy (non-hydrogen) atoms. The second kappa shape index (κ2) is 7.34. The van der Waals surface area contributed by atoms with E-state index in [-0.39, 0.29) is 11.8 Å². The Morgan fingerprint density at radius 2 is 1.71 bits per heavy atom. The van der Waals surface area contributed by atoms with Gasteiger partial charge in [0.05, 0.1) is 22.4 Å². The minimum Gasteiger partial charge on any atom is -0.332 e. The quantitative estimate of drug-likeness (QED) is 0.473. The first-order chi connectivity index (χ1) is 13.0. The summed E-state index contributed by atoms with van der Waals surface area (Å²) in [4.78, 5) is 23.0. The number of carbonyl (C=O) groups is 1. The number of amides is 1. The molecule has 2 aromatic heterocycles. The van der Waals surface area contributed by atoms with E-state index in [0.29, 0.717) is 28.5 Å². The third kappa shape index (κ3) is 4.74. The van der Waals surface area contributed by atoms with E-state index in [9.17, 15) is 31.1 Å². The minimum absolute atomic E-state index is 0.00813. The van der Waals surface area contributed by atoms with Crippen LogP contribution in [0.3, 0.4) is 0 Å². The van der Waals surface area contributed by atoms with Crippen molar-refractivity contribution in [3.05, 3.63) is 47.7 Å². The lowest BCUT2D eigenvalue weighted by molar-refractivity contribution is -0.143. The van der Waals surface area contributed by atoms with Crippen LogP contribution in [0.5, 0.6) is 0 Å². The van der Waals surface area contributed by atoms with Gasteiger partial charge in [0.25, 0.3) is 0 Å². The SMILES string of the molecule is O=C(CSc1nc2ncccc2[nH]1)Nc1cc(C(F)(F)F)cc(C(F)(F)F)c1. The zero-order valence-electron chi connectivity index (χ0n) is 13.6. The number of pyridine rings is 1. The molecule has 0 fully saturated rings. The van der Waals surface area contributed by atoms with Gasteiger partial charge in [-0.25, -0.2) is 9.97 Å². The molecule has 1 amide bonds. The summed E-state index contributed by atoms with van der Waals surface area (Å²) < 4.78 is 77.1. The molecule has 0 spiro atoms. The van der Waals surface area contributed by atoms with E-state index < -0.39 is 35.1 Å². The van der Waals surface area contributed by atoms with E-state index in [2.05, 4.69) is 20.3 Å². The average Bonchev–Trinajstić information content (AvgIpc) is 3.01. The number of alkyl halides is 6. The van der Waals surface area contributed by atoms with E-state index in [1.807, 2.05) is 0 Å². The number of thioether (sulfide) groups is 1. The highest BCUT2D eigenvalue weighted by molar-refractivity contribution is 7.99. The fraction of sp³-hybridized carbons (Fsp3) is 0.188. The molecule has 2 heterocycles. The van der Waals surface area contributed by atoms with Gasteiger partial charge >= 0.3 is 12.4 Å². The van der Waals surface area contributed by atoms with Gasteiger partial charge in [0, 0.05) is 11.9 Å². The lowest BCUT2D eigenvalue weighted by Gasteiger charge is -2.14. The normalized spacial score (nSPS) is 12.4. The first-order valence-corrected chi connectivity index (χ1v) is 8.54. The fourth-order valence-electron chi connectivity index (χ4n) is 2.25. The predicted molar refractivity (Wildman–Crippen MR) is 89.7 cm³/mol. The molecule has 0 radical (unpaired) electrons. The van der Waals surface area contributed by atoms with Crippen molar-refractivity contribution in [2.45, 2.75) is 17.5 Å². The standard InChI is InChI=1S/C16H10F6N4OS/c17-15(18,19)8-4-9(16(20,21)22)6-10(5-8)24-12(27)7-28-14-25-11-2-1-3-23-13(11)26-14/h1-6H,7H2,(H,24,27)(H,23,25,26). The molecule has 0 saturated carbocycles. The number of aromatic amines is 1. The van der Waals surface area contributed by atoms with Crippen LogP contribution in [0, 0.1) is 0 Å². The molecule has 3 aromatic rings. The molecule has 0 aliphatic heterocycles. The largest absolute Gasteiger partial charge is 0.416 e. The van der Waals surface area contributed by atoms with Crippen LogP contribution in [0.2, 0.25) is 0 Å². The van der Waals surface area contributed by atoms with E-state index >= 15 is 0 Å². The van der Waals surface area contributed by atoms with Gasteiger partial charge in [0.2, 0.25) is 5.91 Å². The van der Waals surface area contributed by atoms with Gasteiger partial charge in [-0.05, 0) is 30.3 Å². The molecular formula is C16H10F6N4OS. The molecule has 2 N–H and O–H groups in total. The Labute approximate surface area is 157 Å². The lowest BCUT2D eigenvalue weighted by atomic mass is 10.1. The number of nitrogens with one attached hydrogen (secondary N) is 2. The average molecular weight is 420 g/mol. The number of anilines is 1. The number of nitrogens with zero attached hydrogens (tertiary/aromatic N) is 2. The van der Waals surface area contributed by atoms with Crippen LogP contribution in [0.4, 0.5) is 32.0 Å². The molecular weight excluding hydrogens is 410 g/mol. The summed E-state index contributed by atoms with van der Waals surface area (Å²) in [7, 11) is 0. The zero-order chi connectivity index (χ0) is 20.5. The Balaban J connectivity index is 1.73. The van der Waals surface area contributed by atoms with E-state index in [1.54, 1.807) is 12.1 Å². The van der Waals surface area contributed by atoms with Crippen molar-refractivity contribution < 1.29 is 31.1 Å². The maximum absolute atomic E-state index is 12.8. The monoisotopic (exact) mass is 420 g/mol. The molecule has 1 aromatic carbocycles. The van der Waals surface area contributed by atoms with Crippen LogP contribution >= 0.6 is 11.8 Å². The van der Waals surface area contributed by atoms with Crippen molar-refractivity contribution in [2.24, 2.45) is 0 Å². The summed E-state index contributed by atoms with van der Waals surface area (Å²) >= 11 is 0.930. The van der Waals surface area contributed by atoms with Crippen molar-refractivity contribution in [2.75, 3.05) is 11.1 Å². The molecule has 3 rings (SSSR count). The zero-order valence-corrected chi connectivity index (χ0v) is 14.5. The number of H-pyrrole nitrogens is 1. The third-order valence-corrected chi connectivity index (χ3v) is 4.32. The van der Waals surface area contributed by atoms with Crippen LogP contribution in [0.15, 0.2) is 41.7 Å². The van der Waals surface area contributed by atoms with E-state index in [0.717, 1.165) is 11.8 Å². The minimum atomic E-state index is -4.99. The maximum Gasteiger partial charge on any atom is 0.416 e. The number of imidazole rings is 1. The molecule has 5 nitrogen and oxygen atoms in total. The maximum atomic E-state index is 12.8. The Morgan fingerprint density at radius 3 is 2.29 bits per heavy atom. The summed E-state index contributed by atoms with van der Waals surface area (Å²) in [5, 5.41) is 2.39. The van der Waals surface area contributed by atoms with Crippen LogP contribution in [-0.4, -0.2) is 26.6 Å². The molecule has 12 heteroatoms. The molecule has 0 atom stereocenters. The Morgan fingerprint density at radius 1 is 1.07 bits per heavy atom. The first-order valence-electron chi connectivity index (χ1n) is 7.55. The summed E-state index contributed by atoms with van der Waals surface area (Å²) in [5.74, 6) is -1.07. The topological polar surface area (TPSA) is 70.7 Å². The Kier molecular flexibility index (Phi) is 5.24. The second-order valence-electron chi connectivity index (χ2n) is 5.55. The number of halogens is 6. The van der Waals surface area contributed by atoms with Gasteiger partial charge in [-0.1, -0.05) is 11.8 Å². The third-order valence-electron chi connectivity index (χ3n) is 3.45. The van der Waals surface area contributed by atoms with E-state index in [1.165, 1.54) is 6.20 Å². The summed E-state index contributed by atoms with van der Waals surface area (Å²) in [6.07, 6.45) is -8.45. The second-order valence-corrected chi connectivity index (χ2v) is 6.51. The van der Waals surface area contributed by atoms with Crippen molar-refractivity contribution in [1.29, 1.82) is 0 Å². The van der Waals surface area contributed by atoms with Crippen LogP contribution in [-0.2, 0) is 17.1 Å². The van der Waals surface area contributed by atoms with Crippen molar-refractivity contribution in [3.8, 4) is 0 Å². The lowest BCUT2D eigenvalue weighted by Crippen LogP contribution is -2.17. The summed E-state index contributed by atoms with van der Waals surface area (Å²) in [6.45, 7) is 0. The highest BCUT2D eigenvalue weighted by Crippen LogP contribution is 2.37.